The average Bonchev–Trinajstić information content (AvgIpc) is 2.40. The summed E-state index contributed by atoms with van der Waals surface area (Å²) in [5, 5.41) is 0. The van der Waals surface area contributed by atoms with Crippen LogP contribution >= 0.6 is 24.0 Å². The summed E-state index contributed by atoms with van der Waals surface area (Å²) in [4.78, 5) is 0. The van der Waals surface area contributed by atoms with Crippen molar-refractivity contribution in [3.05, 3.63) is 71.5 Å². The van der Waals surface area contributed by atoms with Crippen molar-refractivity contribution in [2.75, 3.05) is 0 Å². The second-order valence-electron chi connectivity index (χ2n) is 4.77. The smallest absolute Gasteiger partial charge is 0.123 e. The van der Waals surface area contributed by atoms with Gasteiger partial charge in [0.25, 0.3) is 0 Å². The summed E-state index contributed by atoms with van der Waals surface area (Å²) in [5.74, 6) is -0.237. The number of halogens is 1. The van der Waals surface area contributed by atoms with Crippen LogP contribution in [0, 0.1) is 5.82 Å². The minimum absolute atomic E-state index is 0.104. The molecule has 3 heteroatoms. The van der Waals surface area contributed by atoms with E-state index in [1.165, 1.54) is 17.7 Å². The van der Waals surface area contributed by atoms with E-state index in [0.29, 0.717) is 0 Å². The first kappa shape index (κ1) is 14.2. The monoisotopic (exact) mass is 290 g/mol. The van der Waals surface area contributed by atoms with Crippen LogP contribution in [-0.4, -0.2) is 4.20 Å². The molecule has 19 heavy (non-hydrogen) atoms. The number of benzene rings is 2. The molecule has 0 saturated carbocycles. The molecule has 0 fully saturated rings. The van der Waals surface area contributed by atoms with Crippen molar-refractivity contribution in [2.45, 2.75) is 18.6 Å². The summed E-state index contributed by atoms with van der Waals surface area (Å²) in [6, 6.07) is 16.6. The lowest BCUT2D eigenvalue weighted by molar-refractivity contribution is 0.628. The molecule has 0 aliphatic rings. The topological polar surface area (TPSA) is 0 Å². The molecule has 0 spiro atoms. The first-order valence-electron chi connectivity index (χ1n) is 6.03. The molecule has 2 aromatic carbocycles. The zero-order chi connectivity index (χ0) is 13.9. The predicted molar refractivity (Wildman–Crippen MR) is 85.2 cm³/mol. The maximum Gasteiger partial charge on any atom is 0.123 e. The fraction of sp³-hybridized carbons (Fsp3) is 0.188. The highest BCUT2D eigenvalue weighted by Crippen LogP contribution is 2.38. The molecule has 0 unspecified atom stereocenters. The normalized spacial score (nSPS) is 11.3. The van der Waals surface area contributed by atoms with E-state index in [1.54, 1.807) is 23.9 Å². The largest absolute Gasteiger partial charge is 0.207 e. The average molecular weight is 290 g/mol. The predicted octanol–water partition coefficient (Wildman–Crippen LogP) is 5.17. The standard InChI is InChI=1S/C16H15FS2/c1-16(2,13-6-4-3-5-7-13)19-15(18)12-8-10-14(17)11-9-12/h3-11H,1-2H3. The van der Waals surface area contributed by atoms with Crippen LogP contribution in [-0.2, 0) is 4.75 Å². The molecule has 0 bridgehead atoms. The third-order valence-electron chi connectivity index (χ3n) is 2.90. The molecular formula is C16H15FS2. The summed E-state index contributed by atoms with van der Waals surface area (Å²) in [6.07, 6.45) is 0. The molecule has 0 atom stereocenters. The Morgan fingerprint density at radius 2 is 1.58 bits per heavy atom. The SMILES string of the molecule is CC(C)(SC(=S)c1ccc(F)cc1)c1ccccc1. The van der Waals surface area contributed by atoms with Crippen LogP contribution in [0.3, 0.4) is 0 Å². The van der Waals surface area contributed by atoms with Crippen LogP contribution in [0.2, 0.25) is 0 Å². The minimum atomic E-state index is -0.237. The Labute approximate surface area is 123 Å². The number of thioether (sulfide) groups is 1. The maximum atomic E-state index is 12.9. The van der Waals surface area contributed by atoms with E-state index in [4.69, 9.17) is 12.2 Å². The second kappa shape index (κ2) is 5.85. The molecule has 0 radical (unpaired) electrons. The Kier molecular flexibility index (Phi) is 4.38. The highest BCUT2D eigenvalue weighted by Gasteiger charge is 2.23. The number of hydrogen-bond acceptors (Lipinski definition) is 2. The Morgan fingerprint density at radius 3 is 2.16 bits per heavy atom. The van der Waals surface area contributed by atoms with Crippen molar-refractivity contribution in [3.63, 3.8) is 0 Å². The molecule has 0 saturated heterocycles. The van der Waals surface area contributed by atoms with E-state index in [9.17, 15) is 4.39 Å². The van der Waals surface area contributed by atoms with Crippen molar-refractivity contribution in [1.82, 2.24) is 0 Å². The summed E-state index contributed by atoms with van der Waals surface area (Å²) in [6.45, 7) is 4.28. The van der Waals surface area contributed by atoms with Gasteiger partial charge in [-0.1, -0.05) is 54.7 Å². The Balaban J connectivity index is 2.16. The molecule has 0 amide bonds. The first-order chi connectivity index (χ1) is 8.99. The molecule has 0 aliphatic carbocycles. The van der Waals surface area contributed by atoms with Crippen molar-refractivity contribution in [1.29, 1.82) is 0 Å². The van der Waals surface area contributed by atoms with Gasteiger partial charge in [0.1, 0.15) is 5.82 Å². The molecule has 0 aromatic heterocycles. The molecule has 98 valence electrons. The van der Waals surface area contributed by atoms with Gasteiger partial charge in [0.05, 0.1) is 4.20 Å². The molecule has 0 N–H and O–H groups in total. The molecule has 2 rings (SSSR count). The fourth-order valence-corrected chi connectivity index (χ4v) is 3.51. The lowest BCUT2D eigenvalue weighted by Gasteiger charge is -2.25. The highest BCUT2D eigenvalue weighted by atomic mass is 32.2. The van der Waals surface area contributed by atoms with Gasteiger partial charge in [-0.15, -0.1) is 11.8 Å². The quantitative estimate of drug-likeness (QED) is 0.715. The van der Waals surface area contributed by atoms with Crippen molar-refractivity contribution < 1.29 is 4.39 Å². The van der Waals surface area contributed by atoms with Gasteiger partial charge >= 0.3 is 0 Å². The van der Waals surface area contributed by atoms with E-state index in [0.717, 1.165) is 9.76 Å². The van der Waals surface area contributed by atoms with Crippen LogP contribution in [0.15, 0.2) is 54.6 Å². The molecular weight excluding hydrogens is 275 g/mol. The van der Waals surface area contributed by atoms with Crippen LogP contribution < -0.4 is 0 Å². The van der Waals surface area contributed by atoms with Gasteiger partial charge in [-0.2, -0.15) is 0 Å². The fourth-order valence-electron chi connectivity index (χ4n) is 1.78. The van der Waals surface area contributed by atoms with Crippen LogP contribution in [0.5, 0.6) is 0 Å². The lowest BCUT2D eigenvalue weighted by atomic mass is 10.0. The van der Waals surface area contributed by atoms with Crippen LogP contribution in [0.4, 0.5) is 4.39 Å². The van der Waals surface area contributed by atoms with E-state index in [1.807, 2.05) is 18.2 Å². The Bertz CT molecular complexity index is 559. The van der Waals surface area contributed by atoms with Gasteiger partial charge in [0, 0.05) is 4.75 Å². The second-order valence-corrected chi connectivity index (χ2v) is 7.07. The summed E-state index contributed by atoms with van der Waals surface area (Å²) in [5.41, 5.74) is 2.12. The Hall–Kier alpha value is -1.19. The van der Waals surface area contributed by atoms with Gasteiger partial charge in [-0.05, 0) is 37.1 Å². The minimum Gasteiger partial charge on any atom is -0.207 e. The molecule has 0 heterocycles. The number of thiocarbonyl (C=S) groups is 1. The van der Waals surface area contributed by atoms with Gasteiger partial charge in [-0.25, -0.2) is 4.39 Å². The molecule has 0 aliphatic heterocycles. The van der Waals surface area contributed by atoms with Crippen molar-refractivity contribution in [3.8, 4) is 0 Å². The number of hydrogen-bond donors (Lipinski definition) is 0. The zero-order valence-electron chi connectivity index (χ0n) is 10.9. The highest BCUT2D eigenvalue weighted by molar-refractivity contribution is 8.24. The molecule has 2 aromatic rings. The summed E-state index contributed by atoms with van der Waals surface area (Å²) in [7, 11) is 0. The first-order valence-corrected chi connectivity index (χ1v) is 7.26. The van der Waals surface area contributed by atoms with E-state index in [-0.39, 0.29) is 10.6 Å². The van der Waals surface area contributed by atoms with E-state index >= 15 is 0 Å². The van der Waals surface area contributed by atoms with E-state index < -0.39 is 0 Å². The summed E-state index contributed by atoms with van der Waals surface area (Å²) >= 11 is 7.08. The van der Waals surface area contributed by atoms with Crippen molar-refractivity contribution >= 4 is 28.2 Å². The third-order valence-corrected chi connectivity index (χ3v) is 4.55. The number of rotatable bonds is 3. The Morgan fingerprint density at radius 1 is 1.00 bits per heavy atom. The van der Waals surface area contributed by atoms with Gasteiger partial charge in [0.15, 0.2) is 0 Å². The summed E-state index contributed by atoms with van der Waals surface area (Å²) < 4.78 is 13.6. The van der Waals surface area contributed by atoms with Gasteiger partial charge in [0.2, 0.25) is 0 Å². The van der Waals surface area contributed by atoms with E-state index in [2.05, 4.69) is 26.0 Å². The lowest BCUT2D eigenvalue weighted by Crippen LogP contribution is -2.14. The third kappa shape index (κ3) is 3.64. The maximum absolute atomic E-state index is 12.9. The van der Waals surface area contributed by atoms with Crippen LogP contribution in [0.25, 0.3) is 0 Å². The zero-order valence-corrected chi connectivity index (χ0v) is 12.5. The van der Waals surface area contributed by atoms with Gasteiger partial charge in [-0.3, -0.25) is 0 Å². The van der Waals surface area contributed by atoms with Crippen LogP contribution in [0.1, 0.15) is 25.0 Å². The molecule has 0 nitrogen and oxygen atoms in total. The van der Waals surface area contributed by atoms with Gasteiger partial charge < -0.3 is 0 Å². The van der Waals surface area contributed by atoms with Crippen molar-refractivity contribution in [2.24, 2.45) is 0 Å².